The van der Waals surface area contributed by atoms with Crippen molar-refractivity contribution < 1.29 is 23.3 Å². The van der Waals surface area contributed by atoms with E-state index >= 15 is 4.39 Å². The van der Waals surface area contributed by atoms with Crippen molar-refractivity contribution in [1.82, 2.24) is 14.9 Å². The third kappa shape index (κ3) is 3.95. The van der Waals surface area contributed by atoms with Gasteiger partial charge in [-0.1, -0.05) is 30.3 Å². The first kappa shape index (κ1) is 20.1. The molecule has 158 valence electrons. The van der Waals surface area contributed by atoms with Crippen molar-refractivity contribution in [3.63, 3.8) is 0 Å². The van der Waals surface area contributed by atoms with Crippen molar-refractivity contribution in [2.75, 3.05) is 23.9 Å². The third-order valence-electron chi connectivity index (χ3n) is 5.17. The lowest BCUT2D eigenvalue weighted by Crippen LogP contribution is -2.43. The highest BCUT2D eigenvalue weighted by atomic mass is 32.2. The van der Waals surface area contributed by atoms with Gasteiger partial charge in [0.25, 0.3) is 5.91 Å². The summed E-state index contributed by atoms with van der Waals surface area (Å²) in [5.41, 5.74) is 1.65. The lowest BCUT2D eigenvalue weighted by molar-refractivity contribution is -0.117. The van der Waals surface area contributed by atoms with E-state index in [0.29, 0.717) is 31.5 Å². The molecular formula is C20H21FN4O4S. The molecule has 0 spiro atoms. The quantitative estimate of drug-likeness (QED) is 0.679. The van der Waals surface area contributed by atoms with Gasteiger partial charge < -0.3 is 15.3 Å². The smallest absolute Gasteiger partial charge is 0.317 e. The fourth-order valence-electron chi connectivity index (χ4n) is 3.65. The van der Waals surface area contributed by atoms with Crippen LogP contribution in [-0.2, 0) is 35.4 Å². The van der Waals surface area contributed by atoms with Crippen molar-refractivity contribution >= 4 is 28.8 Å². The number of hydrogen-bond acceptors (Lipinski definition) is 4. The van der Waals surface area contributed by atoms with Gasteiger partial charge in [0.05, 0.1) is 6.54 Å². The van der Waals surface area contributed by atoms with Crippen molar-refractivity contribution in [1.29, 1.82) is 0 Å². The predicted molar refractivity (Wildman–Crippen MR) is 109 cm³/mol. The van der Waals surface area contributed by atoms with Gasteiger partial charge in [-0.3, -0.25) is 13.8 Å². The van der Waals surface area contributed by atoms with Gasteiger partial charge >= 0.3 is 6.03 Å². The Bertz CT molecular complexity index is 1020. The second-order valence-electron chi connectivity index (χ2n) is 7.15. The van der Waals surface area contributed by atoms with E-state index in [1.165, 1.54) is 11.0 Å². The van der Waals surface area contributed by atoms with Crippen LogP contribution in [0.5, 0.6) is 5.75 Å². The van der Waals surface area contributed by atoms with E-state index in [2.05, 4.69) is 10.0 Å². The summed E-state index contributed by atoms with van der Waals surface area (Å²) in [4.78, 5) is 25.5. The van der Waals surface area contributed by atoms with E-state index in [0.717, 1.165) is 9.87 Å². The fourth-order valence-corrected chi connectivity index (χ4v) is 4.60. The lowest BCUT2D eigenvalue weighted by Gasteiger charge is -2.30. The van der Waals surface area contributed by atoms with Crippen molar-refractivity contribution in [3.8, 4) is 5.75 Å². The summed E-state index contributed by atoms with van der Waals surface area (Å²) in [6.07, 6.45) is 1.07. The van der Waals surface area contributed by atoms with Gasteiger partial charge in [-0.15, -0.1) is 0 Å². The Labute approximate surface area is 175 Å². The first-order chi connectivity index (χ1) is 14.4. The van der Waals surface area contributed by atoms with Crippen molar-refractivity contribution in [2.24, 2.45) is 0 Å². The minimum absolute atomic E-state index is 0.0213. The highest BCUT2D eigenvalue weighted by Crippen LogP contribution is 2.38. The fraction of sp³-hybridized carbons (Fsp3) is 0.300. The van der Waals surface area contributed by atoms with E-state index in [1.54, 1.807) is 0 Å². The topological polar surface area (TPSA) is 102 Å². The number of fused-ring (bicyclic) bond motifs is 1. The molecule has 3 N–H and O–H groups in total. The van der Waals surface area contributed by atoms with E-state index in [4.69, 9.17) is 0 Å². The molecule has 2 heterocycles. The van der Waals surface area contributed by atoms with Crippen LogP contribution in [0, 0.1) is 5.82 Å². The molecule has 1 saturated heterocycles. The molecule has 2 aliphatic heterocycles. The zero-order valence-corrected chi connectivity index (χ0v) is 16.9. The molecule has 4 rings (SSSR count). The number of benzene rings is 2. The van der Waals surface area contributed by atoms with E-state index in [-0.39, 0.29) is 36.1 Å². The first-order valence-corrected chi connectivity index (χ1v) is 10.6. The second-order valence-corrected chi connectivity index (χ2v) is 8.29. The first-order valence-electron chi connectivity index (χ1n) is 9.53. The molecule has 2 aromatic rings. The number of nitrogens with zero attached hydrogens (tertiary/aromatic N) is 2. The minimum Gasteiger partial charge on any atom is -0.506 e. The van der Waals surface area contributed by atoms with Gasteiger partial charge in [-0.25, -0.2) is 13.4 Å². The molecule has 1 unspecified atom stereocenters. The van der Waals surface area contributed by atoms with Crippen LogP contribution in [-0.4, -0.2) is 45.8 Å². The summed E-state index contributed by atoms with van der Waals surface area (Å²) in [7, 11) is 0. The van der Waals surface area contributed by atoms with Crippen molar-refractivity contribution in [2.45, 2.75) is 19.4 Å². The zero-order chi connectivity index (χ0) is 21.3. The summed E-state index contributed by atoms with van der Waals surface area (Å²) < 4.78 is 30.4. The highest BCUT2D eigenvalue weighted by Gasteiger charge is 2.34. The number of aromatic hydroxyl groups is 1. The summed E-state index contributed by atoms with van der Waals surface area (Å²) in [5.74, 6) is -1.67. The predicted octanol–water partition coefficient (Wildman–Crippen LogP) is 1.36. The minimum atomic E-state index is -1.96. The van der Waals surface area contributed by atoms with Gasteiger partial charge in [0, 0.05) is 18.7 Å². The third-order valence-corrected chi connectivity index (χ3v) is 6.29. The molecular weight excluding hydrogens is 411 g/mol. The second kappa shape index (κ2) is 8.31. The molecule has 8 nitrogen and oxygen atoms in total. The highest BCUT2D eigenvalue weighted by molar-refractivity contribution is 7.85. The number of carbonyl (C=O) groups excluding carboxylic acids is 2. The van der Waals surface area contributed by atoms with Crippen LogP contribution in [0.1, 0.15) is 16.7 Å². The number of phenols is 1. The molecule has 1 atom stereocenters. The standard InChI is InChI=1S/C20H21FN4O4S/c21-18-15-11-24(20(28)22-8-6-13-4-2-1-3-5-13)9-7-14(15)10-16(26)19(18)25-12-17(27)23-30(25)29/h1-5,10,26H,6-9,11-12H2,(H,22,28)(H,23,27). The Morgan fingerprint density at radius 3 is 2.73 bits per heavy atom. The molecule has 0 radical (unpaired) electrons. The molecule has 2 aromatic carbocycles. The Morgan fingerprint density at radius 1 is 1.27 bits per heavy atom. The number of phenolic OH excluding ortho intramolecular Hbond substituents is 1. The Balaban J connectivity index is 1.47. The normalized spacial score (nSPS) is 18.2. The summed E-state index contributed by atoms with van der Waals surface area (Å²) >= 11 is -1.96. The van der Waals surface area contributed by atoms with Gasteiger partial charge in [0.2, 0.25) is 11.2 Å². The molecule has 1 fully saturated rings. The molecule has 0 saturated carbocycles. The molecule has 10 heteroatoms. The van der Waals surface area contributed by atoms with Gasteiger partial charge in [0.1, 0.15) is 18.0 Å². The van der Waals surface area contributed by atoms with Crippen LogP contribution in [0.25, 0.3) is 0 Å². The average Bonchev–Trinajstić information content (AvgIpc) is 3.06. The molecule has 0 aromatic heterocycles. The molecule has 3 amide bonds. The Morgan fingerprint density at radius 2 is 2.03 bits per heavy atom. The summed E-state index contributed by atoms with van der Waals surface area (Å²) in [5, 5.41) is 13.1. The number of halogens is 1. The number of amides is 3. The number of urea groups is 1. The monoisotopic (exact) mass is 432 g/mol. The lowest BCUT2D eigenvalue weighted by atomic mass is 9.97. The van der Waals surface area contributed by atoms with E-state index in [1.807, 2.05) is 30.3 Å². The summed E-state index contributed by atoms with van der Waals surface area (Å²) in [6, 6.07) is 10.9. The largest absolute Gasteiger partial charge is 0.506 e. The average molecular weight is 432 g/mol. The molecule has 2 aliphatic rings. The van der Waals surface area contributed by atoms with Gasteiger partial charge in [-0.2, -0.15) is 0 Å². The maximum atomic E-state index is 15.2. The van der Waals surface area contributed by atoms with Crippen LogP contribution in [0.15, 0.2) is 36.4 Å². The molecule has 0 bridgehead atoms. The Hall–Kier alpha value is -3.14. The maximum absolute atomic E-state index is 15.2. The van der Waals surface area contributed by atoms with Gasteiger partial charge in [0.15, 0.2) is 5.82 Å². The van der Waals surface area contributed by atoms with Crippen LogP contribution < -0.4 is 14.3 Å². The number of nitrogens with one attached hydrogen (secondary N) is 2. The van der Waals surface area contributed by atoms with Gasteiger partial charge in [-0.05, 0) is 30.0 Å². The van der Waals surface area contributed by atoms with Crippen LogP contribution in [0.3, 0.4) is 0 Å². The van der Waals surface area contributed by atoms with Crippen LogP contribution in [0.4, 0.5) is 14.9 Å². The molecule has 30 heavy (non-hydrogen) atoms. The molecule has 0 aliphatic carbocycles. The number of anilines is 1. The van der Waals surface area contributed by atoms with Crippen molar-refractivity contribution in [3.05, 3.63) is 58.9 Å². The summed E-state index contributed by atoms with van der Waals surface area (Å²) in [6.45, 7) is 0.543. The number of carbonyl (C=O) groups is 2. The van der Waals surface area contributed by atoms with Crippen LogP contribution >= 0.6 is 0 Å². The number of hydrogen-bond donors (Lipinski definition) is 3. The maximum Gasteiger partial charge on any atom is 0.317 e. The van der Waals surface area contributed by atoms with E-state index < -0.39 is 22.9 Å². The van der Waals surface area contributed by atoms with Crippen LogP contribution in [0.2, 0.25) is 0 Å². The van der Waals surface area contributed by atoms with E-state index in [9.17, 15) is 18.9 Å². The number of rotatable bonds is 4. The SMILES string of the molecule is O=C1CN(c2c(O)cc3c(c2F)CN(C(=O)NCCc2ccccc2)CC3)S(=O)N1. The Kier molecular flexibility index (Phi) is 5.58. The zero-order valence-electron chi connectivity index (χ0n) is 16.1.